The minimum atomic E-state index is -4.31. The molecule has 1 aliphatic rings. The molecule has 0 bridgehead atoms. The molecule has 1 N–H and O–H groups in total. The van der Waals surface area contributed by atoms with Gasteiger partial charge in [0.25, 0.3) is 5.91 Å². The quantitative estimate of drug-likeness (QED) is 0.846. The molecule has 0 radical (unpaired) electrons. The standard InChI is InChI=1S/C20H23F3N2O2/c1-13(15-3-5-16(6-4-15)20(21,22)23)25-10-7-17(8-11-25)24-19(26)18-9-12-27-14(18)2/h3-6,9,12-13,17H,7-8,10-11H2,1-2H3,(H,24,26). The van der Waals surface area contributed by atoms with Crippen molar-refractivity contribution in [3.63, 3.8) is 0 Å². The lowest BCUT2D eigenvalue weighted by molar-refractivity contribution is -0.137. The molecule has 1 atom stereocenters. The molecule has 3 rings (SSSR count). The highest BCUT2D eigenvalue weighted by Gasteiger charge is 2.31. The smallest absolute Gasteiger partial charge is 0.416 e. The van der Waals surface area contributed by atoms with Crippen LogP contribution in [0.4, 0.5) is 13.2 Å². The minimum Gasteiger partial charge on any atom is -0.469 e. The number of hydrogen-bond acceptors (Lipinski definition) is 3. The maximum atomic E-state index is 12.7. The number of nitrogens with one attached hydrogen (secondary N) is 1. The van der Waals surface area contributed by atoms with Crippen LogP contribution in [0.3, 0.4) is 0 Å². The van der Waals surface area contributed by atoms with Crippen molar-refractivity contribution in [3.05, 3.63) is 59.0 Å². The zero-order chi connectivity index (χ0) is 19.6. The van der Waals surface area contributed by atoms with Crippen LogP contribution < -0.4 is 5.32 Å². The molecule has 2 aromatic rings. The van der Waals surface area contributed by atoms with Gasteiger partial charge in [-0.15, -0.1) is 0 Å². The van der Waals surface area contributed by atoms with E-state index < -0.39 is 11.7 Å². The van der Waals surface area contributed by atoms with E-state index in [0.29, 0.717) is 11.3 Å². The van der Waals surface area contributed by atoms with Gasteiger partial charge in [0.2, 0.25) is 0 Å². The highest BCUT2D eigenvalue weighted by Crippen LogP contribution is 2.31. The lowest BCUT2D eigenvalue weighted by Crippen LogP contribution is -2.45. The molecule has 4 nitrogen and oxygen atoms in total. The van der Waals surface area contributed by atoms with Gasteiger partial charge in [0.05, 0.1) is 17.4 Å². The Morgan fingerprint density at radius 2 is 1.81 bits per heavy atom. The number of benzene rings is 1. The molecule has 1 aliphatic heterocycles. The van der Waals surface area contributed by atoms with E-state index in [0.717, 1.165) is 43.6 Å². The van der Waals surface area contributed by atoms with E-state index in [1.165, 1.54) is 6.26 Å². The van der Waals surface area contributed by atoms with Crippen LogP contribution in [0.5, 0.6) is 0 Å². The molecule has 0 spiro atoms. The Kier molecular flexibility index (Phi) is 5.60. The van der Waals surface area contributed by atoms with Crippen molar-refractivity contribution in [1.29, 1.82) is 0 Å². The van der Waals surface area contributed by atoms with E-state index >= 15 is 0 Å². The van der Waals surface area contributed by atoms with Gasteiger partial charge in [0.1, 0.15) is 5.76 Å². The fourth-order valence-electron chi connectivity index (χ4n) is 3.48. The summed E-state index contributed by atoms with van der Waals surface area (Å²) in [6, 6.07) is 7.12. The van der Waals surface area contributed by atoms with E-state index in [4.69, 9.17) is 4.42 Å². The number of halogens is 3. The Morgan fingerprint density at radius 1 is 1.19 bits per heavy atom. The minimum absolute atomic E-state index is 0.0278. The molecular weight excluding hydrogens is 357 g/mol. The number of piperidine rings is 1. The number of furan rings is 1. The summed E-state index contributed by atoms with van der Waals surface area (Å²) < 4.78 is 43.3. The first-order valence-electron chi connectivity index (χ1n) is 9.02. The van der Waals surface area contributed by atoms with Gasteiger partial charge in [0.15, 0.2) is 0 Å². The summed E-state index contributed by atoms with van der Waals surface area (Å²) in [5.74, 6) is 0.469. The molecule has 1 unspecified atom stereocenters. The molecule has 7 heteroatoms. The monoisotopic (exact) mass is 380 g/mol. The number of carbonyl (C=O) groups is 1. The second kappa shape index (κ2) is 7.76. The number of amides is 1. The van der Waals surface area contributed by atoms with E-state index in [2.05, 4.69) is 10.2 Å². The summed E-state index contributed by atoms with van der Waals surface area (Å²) in [7, 11) is 0. The lowest BCUT2D eigenvalue weighted by atomic mass is 9.99. The van der Waals surface area contributed by atoms with Gasteiger partial charge >= 0.3 is 6.18 Å². The molecule has 0 aliphatic carbocycles. The fraction of sp³-hybridized carbons (Fsp3) is 0.450. The van der Waals surface area contributed by atoms with Crippen molar-refractivity contribution in [2.24, 2.45) is 0 Å². The van der Waals surface area contributed by atoms with E-state index in [1.54, 1.807) is 25.1 Å². The largest absolute Gasteiger partial charge is 0.469 e. The van der Waals surface area contributed by atoms with Crippen molar-refractivity contribution >= 4 is 5.91 Å². The number of rotatable bonds is 4. The van der Waals surface area contributed by atoms with Crippen molar-refractivity contribution in [3.8, 4) is 0 Å². The number of alkyl halides is 3. The first-order valence-corrected chi connectivity index (χ1v) is 9.02. The first-order chi connectivity index (χ1) is 12.8. The van der Waals surface area contributed by atoms with Crippen LogP contribution in [0, 0.1) is 6.92 Å². The highest BCUT2D eigenvalue weighted by molar-refractivity contribution is 5.95. The van der Waals surface area contributed by atoms with Crippen LogP contribution >= 0.6 is 0 Å². The van der Waals surface area contributed by atoms with Gasteiger partial charge in [-0.1, -0.05) is 12.1 Å². The summed E-state index contributed by atoms with van der Waals surface area (Å²) in [5.41, 5.74) is 0.782. The van der Waals surface area contributed by atoms with Gasteiger partial charge in [-0.05, 0) is 50.5 Å². The fourth-order valence-corrected chi connectivity index (χ4v) is 3.48. The molecule has 0 saturated carbocycles. The van der Waals surface area contributed by atoms with Crippen LogP contribution in [0.2, 0.25) is 0 Å². The topological polar surface area (TPSA) is 45.5 Å². The van der Waals surface area contributed by atoms with E-state index in [-0.39, 0.29) is 18.0 Å². The average molecular weight is 380 g/mol. The Labute approximate surface area is 156 Å². The molecule has 1 aromatic heterocycles. The summed E-state index contributed by atoms with van der Waals surface area (Å²) >= 11 is 0. The van der Waals surface area contributed by atoms with Crippen molar-refractivity contribution in [2.45, 2.75) is 44.9 Å². The number of nitrogens with zero attached hydrogens (tertiary/aromatic N) is 1. The zero-order valence-electron chi connectivity index (χ0n) is 15.3. The highest BCUT2D eigenvalue weighted by atomic mass is 19.4. The Balaban J connectivity index is 1.54. The normalized spacial score (nSPS) is 17.7. The Morgan fingerprint density at radius 3 is 2.33 bits per heavy atom. The van der Waals surface area contributed by atoms with Crippen molar-refractivity contribution < 1.29 is 22.4 Å². The summed E-state index contributed by atoms with van der Waals surface area (Å²) in [4.78, 5) is 14.5. The van der Waals surface area contributed by atoms with E-state index in [1.807, 2.05) is 6.92 Å². The van der Waals surface area contributed by atoms with Gasteiger partial charge in [0, 0.05) is 25.2 Å². The summed E-state index contributed by atoms with van der Waals surface area (Å²) in [6.45, 7) is 5.30. The third-order valence-corrected chi connectivity index (χ3v) is 5.24. The maximum Gasteiger partial charge on any atom is 0.416 e. The number of hydrogen-bond donors (Lipinski definition) is 1. The SMILES string of the molecule is Cc1occc1C(=O)NC1CCN(C(C)c2ccc(C(F)(F)F)cc2)CC1. The van der Waals surface area contributed by atoms with Crippen LogP contribution in [-0.4, -0.2) is 29.9 Å². The molecule has 1 fully saturated rings. The second-order valence-corrected chi connectivity index (χ2v) is 6.97. The maximum absolute atomic E-state index is 12.7. The predicted molar refractivity (Wildman–Crippen MR) is 95.4 cm³/mol. The third-order valence-electron chi connectivity index (χ3n) is 5.24. The molecule has 1 amide bonds. The second-order valence-electron chi connectivity index (χ2n) is 6.97. The van der Waals surface area contributed by atoms with Gasteiger partial charge in [-0.25, -0.2) is 0 Å². The first kappa shape index (κ1) is 19.5. The van der Waals surface area contributed by atoms with Gasteiger partial charge < -0.3 is 9.73 Å². The zero-order valence-corrected chi connectivity index (χ0v) is 15.3. The van der Waals surface area contributed by atoms with Crippen molar-refractivity contribution in [1.82, 2.24) is 10.2 Å². The predicted octanol–water partition coefficient (Wildman–Crippen LogP) is 4.56. The number of likely N-dealkylation sites (tertiary alicyclic amines) is 1. The van der Waals surface area contributed by atoms with Crippen LogP contribution in [-0.2, 0) is 6.18 Å². The van der Waals surface area contributed by atoms with E-state index in [9.17, 15) is 18.0 Å². The molecule has 1 aromatic carbocycles. The molecule has 27 heavy (non-hydrogen) atoms. The number of carbonyl (C=O) groups excluding carboxylic acids is 1. The molecule has 146 valence electrons. The third kappa shape index (κ3) is 4.53. The van der Waals surface area contributed by atoms with Crippen molar-refractivity contribution in [2.75, 3.05) is 13.1 Å². The van der Waals surface area contributed by atoms with Gasteiger partial charge in [-0.2, -0.15) is 13.2 Å². The number of aryl methyl sites for hydroxylation is 1. The lowest BCUT2D eigenvalue weighted by Gasteiger charge is -2.36. The molecular formula is C20H23F3N2O2. The Bertz CT molecular complexity index is 775. The summed E-state index contributed by atoms with van der Waals surface area (Å²) in [5, 5.41) is 3.03. The Hall–Kier alpha value is -2.28. The van der Waals surface area contributed by atoms with Crippen LogP contribution in [0.15, 0.2) is 41.0 Å². The van der Waals surface area contributed by atoms with Gasteiger partial charge in [-0.3, -0.25) is 9.69 Å². The molecule has 2 heterocycles. The average Bonchev–Trinajstić information content (AvgIpc) is 3.07. The molecule has 1 saturated heterocycles. The van der Waals surface area contributed by atoms with Crippen LogP contribution in [0.25, 0.3) is 0 Å². The van der Waals surface area contributed by atoms with Crippen LogP contribution in [0.1, 0.15) is 53.1 Å². The summed E-state index contributed by atoms with van der Waals surface area (Å²) in [6.07, 6.45) is -1.22.